The standard InChI is InChI=1S/C31H29ClN2O4/c1-18(2)17-38-26-13-12-20(14-19(26)3)29(35)27-28(24-16-33(4)25-11-6-5-10-23(24)25)34(31(37)30(27)36)22-9-7-8-21(32)15-22/h5-16,18,28,35H,17H2,1-4H3/b29-27+. The Hall–Kier alpha value is -4.03. The zero-order chi connectivity index (χ0) is 27.1. The van der Waals surface area contributed by atoms with Crippen LogP contribution in [0.3, 0.4) is 0 Å². The largest absolute Gasteiger partial charge is 0.507 e. The van der Waals surface area contributed by atoms with Crippen LogP contribution in [0.2, 0.25) is 5.02 Å². The fraction of sp³-hybridized carbons (Fsp3) is 0.226. The number of aromatic nitrogens is 1. The van der Waals surface area contributed by atoms with Crippen LogP contribution in [-0.2, 0) is 16.6 Å². The van der Waals surface area contributed by atoms with Crippen LogP contribution in [-0.4, -0.2) is 28.0 Å². The Morgan fingerprint density at radius 2 is 1.82 bits per heavy atom. The molecule has 1 aliphatic rings. The number of hydrogen-bond acceptors (Lipinski definition) is 4. The van der Waals surface area contributed by atoms with Crippen molar-refractivity contribution in [1.82, 2.24) is 4.57 Å². The molecule has 0 aliphatic carbocycles. The molecule has 5 rings (SSSR count). The summed E-state index contributed by atoms with van der Waals surface area (Å²) in [5.41, 5.74) is 3.44. The van der Waals surface area contributed by atoms with E-state index in [1.165, 1.54) is 4.90 Å². The van der Waals surface area contributed by atoms with Crippen molar-refractivity contribution in [3.05, 3.63) is 100 Å². The molecule has 1 amide bonds. The first-order chi connectivity index (χ1) is 18.2. The van der Waals surface area contributed by atoms with Crippen LogP contribution < -0.4 is 9.64 Å². The normalized spacial score (nSPS) is 17.1. The number of aliphatic hydroxyl groups is 1. The first-order valence-electron chi connectivity index (χ1n) is 12.5. The monoisotopic (exact) mass is 528 g/mol. The number of anilines is 1. The van der Waals surface area contributed by atoms with E-state index in [0.29, 0.717) is 34.5 Å². The number of carbonyl (C=O) groups excluding carboxylic acids is 2. The lowest BCUT2D eigenvalue weighted by atomic mass is 9.94. The Labute approximate surface area is 226 Å². The summed E-state index contributed by atoms with van der Waals surface area (Å²) in [6.07, 6.45) is 1.90. The van der Waals surface area contributed by atoms with Crippen LogP contribution in [0, 0.1) is 12.8 Å². The van der Waals surface area contributed by atoms with E-state index in [-0.39, 0.29) is 11.3 Å². The lowest BCUT2D eigenvalue weighted by Crippen LogP contribution is -2.29. The number of halogens is 1. The minimum absolute atomic E-state index is 0.0292. The summed E-state index contributed by atoms with van der Waals surface area (Å²) in [6.45, 7) is 6.60. The first-order valence-corrected chi connectivity index (χ1v) is 12.9. The lowest BCUT2D eigenvalue weighted by Gasteiger charge is -2.25. The van der Waals surface area contributed by atoms with Crippen molar-refractivity contribution < 1.29 is 19.4 Å². The fourth-order valence-corrected chi connectivity index (χ4v) is 5.17. The molecule has 1 N–H and O–H groups in total. The highest BCUT2D eigenvalue weighted by Gasteiger charge is 2.48. The highest BCUT2D eigenvalue weighted by molar-refractivity contribution is 6.52. The van der Waals surface area contributed by atoms with Crippen molar-refractivity contribution in [2.24, 2.45) is 13.0 Å². The van der Waals surface area contributed by atoms with Gasteiger partial charge in [0.05, 0.1) is 18.2 Å². The predicted octanol–water partition coefficient (Wildman–Crippen LogP) is 6.80. The van der Waals surface area contributed by atoms with Crippen LogP contribution >= 0.6 is 11.6 Å². The SMILES string of the molecule is Cc1cc(/C(O)=C2\C(=O)C(=O)N(c3cccc(Cl)c3)C2c2cn(C)c3ccccc23)ccc1OCC(C)C. The minimum atomic E-state index is -0.850. The molecule has 2 heterocycles. The fourth-order valence-electron chi connectivity index (χ4n) is 4.98. The third-order valence-electron chi connectivity index (χ3n) is 6.77. The number of fused-ring (bicyclic) bond motifs is 1. The quantitative estimate of drug-likeness (QED) is 0.170. The molecule has 38 heavy (non-hydrogen) atoms. The van der Waals surface area contributed by atoms with E-state index in [0.717, 1.165) is 22.0 Å². The molecule has 1 aromatic heterocycles. The van der Waals surface area contributed by atoms with Crippen molar-refractivity contribution in [2.45, 2.75) is 26.8 Å². The molecule has 1 unspecified atom stereocenters. The summed E-state index contributed by atoms with van der Waals surface area (Å²) >= 11 is 6.27. The Bertz CT molecular complexity index is 1600. The molecule has 1 aliphatic heterocycles. The first kappa shape index (κ1) is 25.6. The highest BCUT2D eigenvalue weighted by Crippen LogP contribution is 2.45. The van der Waals surface area contributed by atoms with Gasteiger partial charge in [-0.15, -0.1) is 0 Å². The van der Waals surface area contributed by atoms with Crippen LogP contribution in [0.15, 0.2) is 78.5 Å². The molecular weight excluding hydrogens is 500 g/mol. The van der Waals surface area contributed by atoms with E-state index in [9.17, 15) is 14.7 Å². The van der Waals surface area contributed by atoms with E-state index >= 15 is 0 Å². The van der Waals surface area contributed by atoms with E-state index < -0.39 is 17.7 Å². The Morgan fingerprint density at radius 1 is 1.05 bits per heavy atom. The second kappa shape index (κ2) is 10.0. The Morgan fingerprint density at radius 3 is 2.53 bits per heavy atom. The summed E-state index contributed by atoms with van der Waals surface area (Å²) < 4.78 is 7.83. The Balaban J connectivity index is 1.71. The molecule has 194 valence electrons. The second-order valence-corrected chi connectivity index (χ2v) is 10.5. The summed E-state index contributed by atoms with van der Waals surface area (Å²) in [4.78, 5) is 28.5. The number of ketones is 1. The molecule has 0 saturated carbocycles. The van der Waals surface area contributed by atoms with E-state index in [4.69, 9.17) is 16.3 Å². The van der Waals surface area contributed by atoms with Crippen molar-refractivity contribution in [2.75, 3.05) is 11.5 Å². The van der Waals surface area contributed by atoms with Gasteiger partial charge in [-0.25, -0.2) is 0 Å². The molecule has 1 fully saturated rings. The van der Waals surface area contributed by atoms with Crippen molar-refractivity contribution in [3.8, 4) is 5.75 Å². The smallest absolute Gasteiger partial charge is 0.300 e. The molecule has 6 nitrogen and oxygen atoms in total. The number of amides is 1. The maximum atomic E-state index is 13.6. The molecule has 0 radical (unpaired) electrons. The molecule has 4 aromatic rings. The van der Waals surface area contributed by atoms with Gasteiger partial charge in [0.25, 0.3) is 11.7 Å². The van der Waals surface area contributed by atoms with E-state index in [1.54, 1.807) is 42.5 Å². The van der Waals surface area contributed by atoms with Gasteiger partial charge in [0.2, 0.25) is 0 Å². The number of para-hydroxylation sites is 1. The highest BCUT2D eigenvalue weighted by atomic mass is 35.5. The van der Waals surface area contributed by atoms with Gasteiger partial charge in [0.1, 0.15) is 11.5 Å². The van der Waals surface area contributed by atoms with E-state index in [2.05, 4.69) is 13.8 Å². The van der Waals surface area contributed by atoms with Gasteiger partial charge in [0, 0.05) is 46.0 Å². The molecule has 7 heteroatoms. The predicted molar refractivity (Wildman–Crippen MR) is 151 cm³/mol. The summed E-state index contributed by atoms with van der Waals surface area (Å²) in [7, 11) is 1.91. The second-order valence-electron chi connectivity index (χ2n) is 10.0. The van der Waals surface area contributed by atoms with Gasteiger partial charge in [0.15, 0.2) is 0 Å². The zero-order valence-corrected chi connectivity index (χ0v) is 22.5. The average Bonchev–Trinajstić information content (AvgIpc) is 3.36. The van der Waals surface area contributed by atoms with Gasteiger partial charge in [-0.3, -0.25) is 14.5 Å². The van der Waals surface area contributed by atoms with Crippen LogP contribution in [0.5, 0.6) is 5.75 Å². The average molecular weight is 529 g/mol. The maximum Gasteiger partial charge on any atom is 0.300 e. The van der Waals surface area contributed by atoms with Crippen molar-refractivity contribution in [3.63, 3.8) is 0 Å². The van der Waals surface area contributed by atoms with Crippen molar-refractivity contribution in [1.29, 1.82) is 0 Å². The number of hydrogen-bond donors (Lipinski definition) is 1. The van der Waals surface area contributed by atoms with Crippen LogP contribution in [0.25, 0.3) is 16.7 Å². The molecule has 1 saturated heterocycles. The zero-order valence-electron chi connectivity index (χ0n) is 21.7. The molecule has 1 atom stereocenters. The van der Waals surface area contributed by atoms with Crippen molar-refractivity contribution >= 4 is 45.6 Å². The minimum Gasteiger partial charge on any atom is -0.507 e. The molecular formula is C31H29ClN2O4. The van der Waals surface area contributed by atoms with E-state index in [1.807, 2.05) is 49.0 Å². The number of aliphatic hydroxyl groups excluding tert-OH is 1. The number of nitrogens with zero attached hydrogens (tertiary/aromatic N) is 2. The van der Waals surface area contributed by atoms with Gasteiger partial charge < -0.3 is 14.4 Å². The maximum absolute atomic E-state index is 13.6. The third-order valence-corrected chi connectivity index (χ3v) is 7.01. The summed E-state index contributed by atoms with van der Waals surface area (Å²) in [5.74, 6) is -0.631. The third kappa shape index (κ3) is 4.45. The van der Waals surface area contributed by atoms with Crippen LogP contribution in [0.4, 0.5) is 5.69 Å². The number of ether oxygens (including phenoxy) is 1. The summed E-state index contributed by atoms with van der Waals surface area (Å²) in [6, 6.07) is 19.0. The Kier molecular flexibility index (Phi) is 6.76. The number of carbonyl (C=O) groups is 2. The van der Waals surface area contributed by atoms with Gasteiger partial charge in [-0.2, -0.15) is 0 Å². The molecule has 3 aromatic carbocycles. The summed E-state index contributed by atoms with van der Waals surface area (Å²) in [5, 5.41) is 12.9. The van der Waals surface area contributed by atoms with Gasteiger partial charge in [-0.05, 0) is 60.9 Å². The van der Waals surface area contributed by atoms with Gasteiger partial charge >= 0.3 is 0 Å². The molecule has 0 bridgehead atoms. The number of benzene rings is 3. The molecule has 0 spiro atoms. The number of aryl methyl sites for hydroxylation is 2. The number of rotatable bonds is 6. The number of Topliss-reactive ketones (excluding diaryl/α,β-unsaturated/α-hetero) is 1. The topological polar surface area (TPSA) is 71.8 Å². The van der Waals surface area contributed by atoms with Gasteiger partial charge in [-0.1, -0.05) is 49.7 Å². The van der Waals surface area contributed by atoms with Crippen LogP contribution in [0.1, 0.15) is 36.6 Å². The lowest BCUT2D eigenvalue weighted by molar-refractivity contribution is -0.132.